The van der Waals surface area contributed by atoms with Crippen LogP contribution < -0.4 is 21.1 Å². The number of fused-ring (bicyclic) bond motifs is 1. The van der Waals surface area contributed by atoms with Crippen LogP contribution >= 0.6 is 0 Å². The van der Waals surface area contributed by atoms with Crippen LogP contribution in [0.4, 0.5) is 11.4 Å². The summed E-state index contributed by atoms with van der Waals surface area (Å²) in [4.78, 5) is 62.0. The number of aromatic carboxylic acids is 1. The summed E-state index contributed by atoms with van der Waals surface area (Å²) in [6.07, 6.45) is -0.761. The number of carbonyl (C=O) groups excluding carboxylic acids is 3. The summed E-state index contributed by atoms with van der Waals surface area (Å²) in [6.45, 7) is -0.283. The third-order valence-corrected chi connectivity index (χ3v) is 4.92. The van der Waals surface area contributed by atoms with Crippen LogP contribution in [0.1, 0.15) is 27.1 Å². The number of carboxylic acid groups (broad SMARTS) is 2. The van der Waals surface area contributed by atoms with E-state index in [0.717, 1.165) is 0 Å². The van der Waals surface area contributed by atoms with E-state index in [-0.39, 0.29) is 30.0 Å². The van der Waals surface area contributed by atoms with Gasteiger partial charge in [0, 0.05) is 5.69 Å². The van der Waals surface area contributed by atoms with Crippen LogP contribution in [0.25, 0.3) is 0 Å². The SMILES string of the molecule is Nc1ccc2c(c1)C(=O)N(CC(=O)NC(CC(=O)O)C(=O)Nc1ccccc1C(=O)O)CCO2. The molecular weight excluding hydrogens is 448 g/mol. The molecule has 12 heteroatoms. The predicted octanol–water partition coefficient (Wildman–Crippen LogP) is 0.400. The van der Waals surface area contributed by atoms with E-state index in [1.54, 1.807) is 12.1 Å². The number of nitrogens with two attached hydrogens (primary N) is 1. The fourth-order valence-corrected chi connectivity index (χ4v) is 3.32. The number of benzene rings is 2. The maximum atomic E-state index is 12.8. The fraction of sp³-hybridized carbons (Fsp3) is 0.227. The molecule has 2 aromatic rings. The number of nitrogen functional groups attached to an aromatic ring is 1. The van der Waals surface area contributed by atoms with E-state index >= 15 is 0 Å². The van der Waals surface area contributed by atoms with Gasteiger partial charge in [0.15, 0.2) is 0 Å². The van der Waals surface area contributed by atoms with Crippen molar-refractivity contribution in [1.29, 1.82) is 0 Å². The van der Waals surface area contributed by atoms with E-state index in [9.17, 15) is 34.2 Å². The number of aliphatic carboxylic acids is 1. The minimum absolute atomic E-state index is 0.0568. The number of hydrogen-bond acceptors (Lipinski definition) is 7. The van der Waals surface area contributed by atoms with E-state index in [1.807, 2.05) is 0 Å². The van der Waals surface area contributed by atoms with Crippen LogP contribution in [-0.2, 0) is 14.4 Å². The molecule has 1 aliphatic heterocycles. The van der Waals surface area contributed by atoms with Gasteiger partial charge in [-0.15, -0.1) is 0 Å². The number of nitrogens with one attached hydrogen (secondary N) is 2. The van der Waals surface area contributed by atoms with E-state index in [0.29, 0.717) is 11.4 Å². The zero-order valence-electron chi connectivity index (χ0n) is 17.8. The lowest BCUT2D eigenvalue weighted by Crippen LogP contribution is -2.49. The Labute approximate surface area is 193 Å². The fourth-order valence-electron chi connectivity index (χ4n) is 3.32. The monoisotopic (exact) mass is 470 g/mol. The first kappa shape index (κ1) is 24.0. The minimum Gasteiger partial charge on any atom is -0.491 e. The summed E-state index contributed by atoms with van der Waals surface area (Å²) in [5.74, 6) is -4.55. The molecule has 0 saturated carbocycles. The molecule has 178 valence electrons. The maximum absolute atomic E-state index is 12.8. The number of carboxylic acids is 2. The highest BCUT2D eigenvalue weighted by atomic mass is 16.5. The van der Waals surface area contributed by atoms with Gasteiger partial charge in [-0.1, -0.05) is 12.1 Å². The Hall–Kier alpha value is -4.61. The van der Waals surface area contributed by atoms with Crippen LogP contribution in [-0.4, -0.2) is 70.5 Å². The largest absolute Gasteiger partial charge is 0.491 e. The van der Waals surface area contributed by atoms with Gasteiger partial charge in [-0.25, -0.2) is 4.79 Å². The molecule has 34 heavy (non-hydrogen) atoms. The number of ether oxygens (including phenoxy) is 1. The molecule has 0 fully saturated rings. The number of carbonyl (C=O) groups is 5. The van der Waals surface area contributed by atoms with Gasteiger partial charge >= 0.3 is 11.9 Å². The molecule has 0 spiro atoms. The van der Waals surface area contributed by atoms with Crippen molar-refractivity contribution in [2.24, 2.45) is 0 Å². The predicted molar refractivity (Wildman–Crippen MR) is 118 cm³/mol. The number of para-hydroxylation sites is 1. The summed E-state index contributed by atoms with van der Waals surface area (Å²) < 4.78 is 5.51. The Morgan fingerprint density at radius 3 is 2.56 bits per heavy atom. The Morgan fingerprint density at radius 2 is 1.85 bits per heavy atom. The molecule has 3 amide bonds. The molecule has 2 aromatic carbocycles. The van der Waals surface area contributed by atoms with Crippen molar-refractivity contribution in [3.63, 3.8) is 0 Å². The van der Waals surface area contributed by atoms with E-state index < -0.39 is 48.7 Å². The van der Waals surface area contributed by atoms with E-state index in [1.165, 1.54) is 35.2 Å². The highest BCUT2D eigenvalue weighted by Gasteiger charge is 2.29. The van der Waals surface area contributed by atoms with Crippen LogP contribution in [0.3, 0.4) is 0 Å². The number of rotatable bonds is 8. The maximum Gasteiger partial charge on any atom is 0.337 e. The van der Waals surface area contributed by atoms with E-state index in [4.69, 9.17) is 10.5 Å². The summed E-state index contributed by atoms with van der Waals surface area (Å²) in [5, 5.41) is 23.1. The van der Waals surface area contributed by atoms with Crippen LogP contribution in [0, 0.1) is 0 Å². The molecule has 1 heterocycles. The van der Waals surface area contributed by atoms with Crippen molar-refractivity contribution in [3.8, 4) is 5.75 Å². The van der Waals surface area contributed by atoms with Crippen LogP contribution in [0.5, 0.6) is 5.75 Å². The molecule has 0 aromatic heterocycles. The second-order valence-electron chi connectivity index (χ2n) is 7.39. The lowest BCUT2D eigenvalue weighted by Gasteiger charge is -2.22. The van der Waals surface area contributed by atoms with Crippen molar-refractivity contribution in [3.05, 3.63) is 53.6 Å². The summed E-state index contributed by atoms with van der Waals surface area (Å²) in [6, 6.07) is 8.58. The lowest BCUT2D eigenvalue weighted by atomic mass is 10.1. The molecule has 1 aliphatic rings. The van der Waals surface area contributed by atoms with Gasteiger partial charge in [-0.2, -0.15) is 0 Å². The first-order valence-electron chi connectivity index (χ1n) is 10.1. The third-order valence-electron chi connectivity index (χ3n) is 4.92. The number of anilines is 2. The Balaban J connectivity index is 1.72. The Morgan fingerprint density at radius 1 is 1.12 bits per heavy atom. The quantitative estimate of drug-likeness (QED) is 0.340. The molecule has 0 aliphatic carbocycles. The highest BCUT2D eigenvalue weighted by molar-refractivity contribution is 6.04. The second kappa shape index (κ2) is 10.3. The molecule has 0 radical (unpaired) electrons. The second-order valence-corrected chi connectivity index (χ2v) is 7.39. The number of nitrogens with zero attached hydrogens (tertiary/aromatic N) is 1. The number of hydrogen-bond donors (Lipinski definition) is 5. The van der Waals surface area contributed by atoms with Crippen molar-refractivity contribution < 1.29 is 38.9 Å². The zero-order chi connectivity index (χ0) is 24.8. The molecule has 0 bridgehead atoms. The van der Waals surface area contributed by atoms with Gasteiger partial charge in [-0.3, -0.25) is 19.2 Å². The summed E-state index contributed by atoms with van der Waals surface area (Å²) >= 11 is 0. The van der Waals surface area contributed by atoms with Crippen LogP contribution in [0.15, 0.2) is 42.5 Å². The Kier molecular flexibility index (Phi) is 7.31. The average molecular weight is 470 g/mol. The minimum atomic E-state index is -1.52. The lowest BCUT2D eigenvalue weighted by molar-refractivity contribution is -0.139. The summed E-state index contributed by atoms with van der Waals surface area (Å²) in [7, 11) is 0. The summed E-state index contributed by atoms with van der Waals surface area (Å²) in [5.41, 5.74) is 5.99. The van der Waals surface area contributed by atoms with Gasteiger partial charge in [0.2, 0.25) is 11.8 Å². The molecule has 0 saturated heterocycles. The van der Waals surface area contributed by atoms with Crippen molar-refractivity contribution in [1.82, 2.24) is 10.2 Å². The third kappa shape index (κ3) is 5.79. The first-order chi connectivity index (χ1) is 16.2. The highest BCUT2D eigenvalue weighted by Crippen LogP contribution is 2.25. The molecule has 3 rings (SSSR count). The number of amides is 3. The van der Waals surface area contributed by atoms with Crippen molar-refractivity contribution in [2.45, 2.75) is 12.5 Å². The van der Waals surface area contributed by atoms with Crippen molar-refractivity contribution >= 4 is 41.0 Å². The molecule has 6 N–H and O–H groups in total. The molecule has 1 atom stereocenters. The first-order valence-corrected chi connectivity index (χ1v) is 10.1. The topological polar surface area (TPSA) is 188 Å². The molecule has 12 nitrogen and oxygen atoms in total. The van der Waals surface area contributed by atoms with Crippen LogP contribution in [0.2, 0.25) is 0 Å². The average Bonchev–Trinajstić information content (AvgIpc) is 2.92. The zero-order valence-corrected chi connectivity index (χ0v) is 17.8. The standard InChI is InChI=1S/C22H22N4O8/c23-12-5-6-17-14(9-12)21(31)26(7-8-34-17)11-18(27)24-16(10-19(28)29)20(30)25-15-4-2-1-3-13(15)22(32)33/h1-6,9,16H,7-8,10-11,23H2,(H,24,27)(H,25,30)(H,28,29)(H,32,33). The van der Waals surface area contributed by atoms with E-state index in [2.05, 4.69) is 10.6 Å². The molecular formula is C22H22N4O8. The normalized spacial score (nSPS) is 13.6. The van der Waals surface area contributed by atoms with Gasteiger partial charge in [-0.05, 0) is 30.3 Å². The Bertz CT molecular complexity index is 1150. The van der Waals surface area contributed by atoms with Gasteiger partial charge in [0.05, 0.1) is 36.3 Å². The van der Waals surface area contributed by atoms with Gasteiger partial charge in [0.25, 0.3) is 5.91 Å². The molecule has 1 unspecified atom stereocenters. The van der Waals surface area contributed by atoms with Crippen molar-refractivity contribution in [2.75, 3.05) is 30.7 Å². The smallest absolute Gasteiger partial charge is 0.337 e. The van der Waals surface area contributed by atoms with Gasteiger partial charge < -0.3 is 36.2 Å². The van der Waals surface area contributed by atoms with Gasteiger partial charge in [0.1, 0.15) is 18.4 Å².